The van der Waals surface area contributed by atoms with E-state index in [0.29, 0.717) is 13.1 Å². The Morgan fingerprint density at radius 1 is 1.12 bits per heavy atom. The van der Waals surface area contributed by atoms with E-state index in [4.69, 9.17) is 0 Å². The van der Waals surface area contributed by atoms with E-state index in [0.717, 1.165) is 19.5 Å². The van der Waals surface area contributed by atoms with Crippen molar-refractivity contribution >= 4 is 6.03 Å². The molecule has 26 heavy (non-hydrogen) atoms. The molecule has 0 bridgehead atoms. The summed E-state index contributed by atoms with van der Waals surface area (Å²) in [4.78, 5) is 17.0. The van der Waals surface area contributed by atoms with Crippen LogP contribution < -0.4 is 10.6 Å². The third kappa shape index (κ3) is 6.61. The molecule has 1 aliphatic rings. The molecule has 0 aliphatic carbocycles. The molecule has 146 valence electrons. The van der Waals surface area contributed by atoms with Gasteiger partial charge in [-0.25, -0.2) is 4.79 Å². The second-order valence-electron chi connectivity index (χ2n) is 8.23. The van der Waals surface area contributed by atoms with Gasteiger partial charge in [0.25, 0.3) is 0 Å². The Morgan fingerprint density at radius 2 is 1.77 bits per heavy atom. The van der Waals surface area contributed by atoms with Gasteiger partial charge in [-0.2, -0.15) is 0 Å². The predicted molar refractivity (Wildman–Crippen MR) is 109 cm³/mol. The van der Waals surface area contributed by atoms with Crippen LogP contribution in [0.3, 0.4) is 0 Å². The molecule has 1 fully saturated rings. The van der Waals surface area contributed by atoms with E-state index in [-0.39, 0.29) is 17.6 Å². The summed E-state index contributed by atoms with van der Waals surface area (Å²) < 4.78 is 0. The summed E-state index contributed by atoms with van der Waals surface area (Å²) in [5.74, 6) is 0. The average Bonchev–Trinajstić information content (AvgIpc) is 2.65. The summed E-state index contributed by atoms with van der Waals surface area (Å²) in [6, 6.07) is 10.6. The largest absolute Gasteiger partial charge is 0.337 e. The van der Waals surface area contributed by atoms with E-state index in [9.17, 15) is 4.79 Å². The zero-order valence-corrected chi connectivity index (χ0v) is 16.9. The zero-order valence-electron chi connectivity index (χ0n) is 16.9. The Bertz CT molecular complexity index is 538. The molecule has 1 aromatic rings. The number of likely N-dealkylation sites (tertiary alicyclic amines) is 1. The first kappa shape index (κ1) is 20.7. The van der Waals surface area contributed by atoms with Gasteiger partial charge >= 0.3 is 6.03 Å². The first-order valence-electron chi connectivity index (χ1n) is 9.85. The maximum Gasteiger partial charge on any atom is 0.314 e. The fraction of sp³-hybridized carbons (Fsp3) is 0.667. The van der Waals surface area contributed by atoms with Crippen molar-refractivity contribution in [1.82, 2.24) is 20.4 Å². The lowest BCUT2D eigenvalue weighted by Gasteiger charge is -2.41. The van der Waals surface area contributed by atoms with Gasteiger partial charge in [-0.05, 0) is 65.9 Å². The fourth-order valence-electron chi connectivity index (χ4n) is 3.50. The van der Waals surface area contributed by atoms with Crippen molar-refractivity contribution < 1.29 is 4.79 Å². The Labute approximate surface area is 159 Å². The molecule has 1 atom stereocenters. The van der Waals surface area contributed by atoms with Crippen molar-refractivity contribution in [3.8, 4) is 0 Å². The van der Waals surface area contributed by atoms with Crippen molar-refractivity contribution in [3.05, 3.63) is 35.9 Å². The number of nitrogens with one attached hydrogen (secondary N) is 2. The highest BCUT2D eigenvalue weighted by molar-refractivity contribution is 5.73. The highest BCUT2D eigenvalue weighted by Gasteiger charge is 2.28. The number of carbonyl (C=O) groups is 1. The minimum Gasteiger partial charge on any atom is -0.337 e. The number of carbonyl (C=O) groups excluding carboxylic acids is 1. The molecule has 1 heterocycles. The Balaban J connectivity index is 1.76. The molecular formula is C21H36N4O. The third-order valence-electron chi connectivity index (χ3n) is 5.44. The molecule has 0 spiro atoms. The first-order chi connectivity index (χ1) is 12.4. The number of piperidine rings is 1. The molecule has 2 N–H and O–H groups in total. The van der Waals surface area contributed by atoms with Crippen LogP contribution in [0, 0.1) is 0 Å². The minimum atomic E-state index is -0.0741. The number of likely N-dealkylation sites (N-methyl/N-ethyl adjacent to an activating group) is 1. The van der Waals surface area contributed by atoms with Crippen LogP contribution in [-0.2, 0) is 6.42 Å². The van der Waals surface area contributed by atoms with Crippen LogP contribution in [0.1, 0.15) is 38.7 Å². The lowest BCUT2D eigenvalue weighted by Crippen LogP contribution is -2.55. The van der Waals surface area contributed by atoms with Gasteiger partial charge in [0, 0.05) is 24.7 Å². The van der Waals surface area contributed by atoms with Gasteiger partial charge < -0.3 is 15.5 Å². The second-order valence-corrected chi connectivity index (χ2v) is 8.23. The number of urea groups is 1. The normalized spacial score (nSPS) is 17.1. The summed E-state index contributed by atoms with van der Waals surface area (Å²) in [5, 5.41) is 6.12. The summed E-state index contributed by atoms with van der Waals surface area (Å²) in [5.41, 5.74) is 1.29. The maximum atomic E-state index is 12.3. The SMILES string of the molecule is CN(C)C(CNC(=O)NCC(C)(C)N1CCCCC1)Cc1ccccc1. The predicted octanol–water partition coefficient (Wildman–Crippen LogP) is 2.72. The summed E-state index contributed by atoms with van der Waals surface area (Å²) in [7, 11) is 4.12. The summed E-state index contributed by atoms with van der Waals surface area (Å²) >= 11 is 0. The van der Waals surface area contributed by atoms with E-state index in [2.05, 4.69) is 72.6 Å². The highest BCUT2D eigenvalue weighted by atomic mass is 16.2. The number of hydrogen-bond donors (Lipinski definition) is 2. The van der Waals surface area contributed by atoms with Crippen molar-refractivity contribution in [2.75, 3.05) is 40.3 Å². The standard InChI is InChI=1S/C21H36N4O/c1-21(2,25-13-9-6-10-14-25)17-23-20(26)22-16-19(24(3)4)15-18-11-7-5-8-12-18/h5,7-8,11-12,19H,6,9-10,13-17H2,1-4H3,(H2,22,23,26). The quantitative estimate of drug-likeness (QED) is 0.749. The van der Waals surface area contributed by atoms with Gasteiger partial charge in [-0.1, -0.05) is 36.8 Å². The van der Waals surface area contributed by atoms with Gasteiger partial charge in [0.05, 0.1) is 0 Å². The monoisotopic (exact) mass is 360 g/mol. The van der Waals surface area contributed by atoms with Crippen LogP contribution in [0.5, 0.6) is 0 Å². The van der Waals surface area contributed by atoms with Crippen molar-refractivity contribution in [2.24, 2.45) is 0 Å². The molecule has 0 radical (unpaired) electrons. The van der Waals surface area contributed by atoms with Crippen molar-refractivity contribution in [2.45, 2.75) is 51.1 Å². The Hall–Kier alpha value is -1.59. The molecule has 1 aromatic carbocycles. The molecule has 0 saturated carbocycles. The van der Waals surface area contributed by atoms with Crippen LogP contribution in [0.2, 0.25) is 0 Å². The number of nitrogens with zero attached hydrogens (tertiary/aromatic N) is 2. The van der Waals surface area contributed by atoms with Crippen LogP contribution in [-0.4, -0.2) is 67.7 Å². The number of rotatable bonds is 8. The average molecular weight is 361 g/mol. The second kappa shape index (κ2) is 9.93. The summed E-state index contributed by atoms with van der Waals surface area (Å²) in [6.07, 6.45) is 4.78. The molecule has 2 amide bonds. The topological polar surface area (TPSA) is 47.6 Å². The molecular weight excluding hydrogens is 324 g/mol. The molecule has 5 heteroatoms. The maximum absolute atomic E-state index is 12.3. The van der Waals surface area contributed by atoms with Gasteiger partial charge in [-0.15, -0.1) is 0 Å². The van der Waals surface area contributed by atoms with Crippen molar-refractivity contribution in [1.29, 1.82) is 0 Å². The molecule has 1 unspecified atom stereocenters. The van der Waals surface area contributed by atoms with Gasteiger partial charge in [-0.3, -0.25) is 4.90 Å². The van der Waals surface area contributed by atoms with E-state index in [1.807, 2.05) is 6.07 Å². The zero-order chi connectivity index (χ0) is 19.0. The van der Waals surface area contributed by atoms with E-state index in [1.54, 1.807) is 0 Å². The first-order valence-corrected chi connectivity index (χ1v) is 9.85. The van der Waals surface area contributed by atoms with E-state index in [1.165, 1.54) is 24.8 Å². The highest BCUT2D eigenvalue weighted by Crippen LogP contribution is 2.19. The molecule has 5 nitrogen and oxygen atoms in total. The van der Waals surface area contributed by atoms with Crippen molar-refractivity contribution in [3.63, 3.8) is 0 Å². The van der Waals surface area contributed by atoms with Gasteiger partial charge in [0.15, 0.2) is 0 Å². The number of hydrogen-bond acceptors (Lipinski definition) is 3. The molecule has 1 aliphatic heterocycles. The number of amides is 2. The minimum absolute atomic E-state index is 0.00273. The van der Waals surface area contributed by atoms with Crippen LogP contribution in [0.15, 0.2) is 30.3 Å². The molecule has 2 rings (SSSR count). The van der Waals surface area contributed by atoms with Crippen LogP contribution in [0.4, 0.5) is 4.79 Å². The fourth-order valence-corrected chi connectivity index (χ4v) is 3.50. The van der Waals surface area contributed by atoms with Gasteiger partial charge in [0.2, 0.25) is 0 Å². The lowest BCUT2D eigenvalue weighted by molar-refractivity contribution is 0.0959. The lowest BCUT2D eigenvalue weighted by atomic mass is 9.98. The van der Waals surface area contributed by atoms with Crippen LogP contribution in [0.25, 0.3) is 0 Å². The molecule has 0 aromatic heterocycles. The van der Waals surface area contributed by atoms with Crippen LogP contribution >= 0.6 is 0 Å². The van der Waals surface area contributed by atoms with E-state index < -0.39 is 0 Å². The third-order valence-corrected chi connectivity index (χ3v) is 5.44. The van der Waals surface area contributed by atoms with E-state index >= 15 is 0 Å². The summed E-state index contributed by atoms with van der Waals surface area (Å²) in [6.45, 7) is 8.02. The Kier molecular flexibility index (Phi) is 7.91. The van der Waals surface area contributed by atoms with Gasteiger partial charge in [0.1, 0.15) is 0 Å². The smallest absolute Gasteiger partial charge is 0.314 e. The Morgan fingerprint density at radius 3 is 2.38 bits per heavy atom. The molecule has 1 saturated heterocycles. The number of benzene rings is 1.